The van der Waals surface area contributed by atoms with Crippen LogP contribution in [0.5, 0.6) is 5.75 Å². The number of carbonyl (C=O) groups is 1. The van der Waals surface area contributed by atoms with Gasteiger partial charge in [-0.15, -0.1) is 0 Å². The lowest BCUT2D eigenvalue weighted by Crippen LogP contribution is -2.19. The van der Waals surface area contributed by atoms with Crippen LogP contribution in [0.15, 0.2) is 18.2 Å². The van der Waals surface area contributed by atoms with Crippen molar-refractivity contribution in [3.05, 3.63) is 29.3 Å². The number of aldehydes is 1. The fourth-order valence-corrected chi connectivity index (χ4v) is 1.02. The van der Waals surface area contributed by atoms with Crippen molar-refractivity contribution in [2.45, 2.75) is 13.1 Å². The fourth-order valence-electron chi connectivity index (χ4n) is 1.02. The maximum atomic E-state index is 11.9. The minimum absolute atomic E-state index is 0.0395. The Kier molecular flexibility index (Phi) is 3.34. The molecule has 0 fully saturated rings. The summed E-state index contributed by atoms with van der Waals surface area (Å²) in [6.07, 6.45) is -3.94. The van der Waals surface area contributed by atoms with Gasteiger partial charge in [0.05, 0.1) is 5.56 Å². The van der Waals surface area contributed by atoms with E-state index in [9.17, 15) is 18.0 Å². The molecule has 0 aliphatic carbocycles. The molecule has 0 aliphatic heterocycles. The number of alkyl halides is 3. The second-order valence-electron chi connectivity index (χ2n) is 3.06. The quantitative estimate of drug-likeness (QED) is 0.729. The van der Waals surface area contributed by atoms with Crippen LogP contribution in [0.2, 0.25) is 0 Å². The third-order valence-electron chi connectivity index (χ3n) is 1.69. The average Bonchev–Trinajstić information content (AvgIpc) is 2.14. The largest absolute Gasteiger partial charge is 0.483 e. The van der Waals surface area contributed by atoms with E-state index in [1.165, 1.54) is 12.1 Å². The summed E-state index contributed by atoms with van der Waals surface area (Å²) in [4.78, 5) is 10.5. The fraction of sp³-hybridized carbons (Fsp3) is 0.300. The second-order valence-corrected chi connectivity index (χ2v) is 3.06. The Morgan fingerprint density at radius 1 is 1.40 bits per heavy atom. The number of rotatable bonds is 3. The molecule has 0 atom stereocenters. The molecule has 0 spiro atoms. The predicted molar refractivity (Wildman–Crippen MR) is 48.1 cm³/mol. The molecule has 0 unspecified atom stereocenters. The Labute approximate surface area is 84.7 Å². The van der Waals surface area contributed by atoms with Gasteiger partial charge in [-0.2, -0.15) is 13.2 Å². The number of hydrogen-bond donors (Lipinski definition) is 0. The van der Waals surface area contributed by atoms with E-state index in [1.807, 2.05) is 0 Å². The zero-order chi connectivity index (χ0) is 11.5. The summed E-state index contributed by atoms with van der Waals surface area (Å²) < 4.78 is 40.1. The van der Waals surface area contributed by atoms with Gasteiger partial charge in [0.1, 0.15) is 5.75 Å². The molecule has 0 radical (unpaired) electrons. The lowest BCUT2D eigenvalue weighted by molar-refractivity contribution is -0.153. The second kappa shape index (κ2) is 4.33. The van der Waals surface area contributed by atoms with Crippen LogP contribution < -0.4 is 4.74 Å². The smallest absolute Gasteiger partial charge is 0.422 e. The van der Waals surface area contributed by atoms with Gasteiger partial charge in [0.15, 0.2) is 12.9 Å². The SMILES string of the molecule is Cc1ccc(C=O)c(OCC(F)(F)F)c1. The Morgan fingerprint density at radius 2 is 2.07 bits per heavy atom. The Morgan fingerprint density at radius 3 is 2.60 bits per heavy atom. The van der Waals surface area contributed by atoms with Crippen LogP contribution in [0.25, 0.3) is 0 Å². The molecule has 0 aliphatic rings. The monoisotopic (exact) mass is 218 g/mol. The first-order valence-electron chi connectivity index (χ1n) is 4.18. The minimum Gasteiger partial charge on any atom is -0.483 e. The first-order chi connectivity index (χ1) is 6.92. The molecule has 1 aromatic carbocycles. The predicted octanol–water partition coefficient (Wildman–Crippen LogP) is 2.75. The molecular weight excluding hydrogens is 209 g/mol. The molecule has 0 amide bonds. The van der Waals surface area contributed by atoms with Crippen molar-refractivity contribution in [1.82, 2.24) is 0 Å². The molecule has 1 aromatic rings. The van der Waals surface area contributed by atoms with E-state index in [2.05, 4.69) is 4.74 Å². The summed E-state index contributed by atoms with van der Waals surface area (Å²) in [5.41, 5.74) is 0.850. The van der Waals surface area contributed by atoms with Crippen LogP contribution >= 0.6 is 0 Å². The van der Waals surface area contributed by atoms with E-state index in [1.54, 1.807) is 13.0 Å². The van der Waals surface area contributed by atoms with Crippen molar-refractivity contribution in [2.24, 2.45) is 0 Å². The van der Waals surface area contributed by atoms with Crippen LogP contribution in [0.4, 0.5) is 13.2 Å². The molecule has 5 heteroatoms. The van der Waals surface area contributed by atoms with Crippen molar-refractivity contribution in [3.8, 4) is 5.75 Å². The van der Waals surface area contributed by atoms with E-state index >= 15 is 0 Å². The van der Waals surface area contributed by atoms with Gasteiger partial charge in [-0.1, -0.05) is 6.07 Å². The molecule has 15 heavy (non-hydrogen) atoms. The Bertz CT molecular complexity index is 358. The Hall–Kier alpha value is -1.52. The van der Waals surface area contributed by atoms with Gasteiger partial charge in [0.2, 0.25) is 0 Å². The topological polar surface area (TPSA) is 26.3 Å². The minimum atomic E-state index is -4.40. The van der Waals surface area contributed by atoms with Crippen molar-refractivity contribution < 1.29 is 22.7 Å². The lowest BCUT2D eigenvalue weighted by Gasteiger charge is -2.11. The number of aryl methyl sites for hydroxylation is 1. The molecule has 82 valence electrons. The Balaban J connectivity index is 2.83. The van der Waals surface area contributed by atoms with Crippen LogP contribution in [0, 0.1) is 6.92 Å². The van der Waals surface area contributed by atoms with Gasteiger partial charge in [-0.3, -0.25) is 4.79 Å². The van der Waals surface area contributed by atoms with E-state index in [0.717, 1.165) is 5.56 Å². The van der Waals surface area contributed by atoms with E-state index in [0.29, 0.717) is 6.29 Å². The number of benzene rings is 1. The third kappa shape index (κ3) is 3.61. The maximum absolute atomic E-state index is 11.9. The highest BCUT2D eigenvalue weighted by molar-refractivity contribution is 5.79. The highest BCUT2D eigenvalue weighted by Crippen LogP contribution is 2.22. The van der Waals surface area contributed by atoms with Gasteiger partial charge in [-0.05, 0) is 24.6 Å². The van der Waals surface area contributed by atoms with E-state index in [-0.39, 0.29) is 11.3 Å². The number of hydrogen-bond acceptors (Lipinski definition) is 2. The van der Waals surface area contributed by atoms with Crippen LogP contribution in [-0.4, -0.2) is 19.1 Å². The molecule has 0 saturated heterocycles. The molecule has 2 nitrogen and oxygen atoms in total. The van der Waals surface area contributed by atoms with Crippen molar-refractivity contribution in [3.63, 3.8) is 0 Å². The highest BCUT2D eigenvalue weighted by atomic mass is 19.4. The number of carbonyl (C=O) groups excluding carboxylic acids is 1. The van der Waals surface area contributed by atoms with Crippen LogP contribution in [0.3, 0.4) is 0 Å². The summed E-state index contributed by atoms with van der Waals surface area (Å²) >= 11 is 0. The van der Waals surface area contributed by atoms with Crippen molar-refractivity contribution >= 4 is 6.29 Å². The maximum Gasteiger partial charge on any atom is 0.422 e. The molecule has 0 heterocycles. The van der Waals surface area contributed by atoms with Gasteiger partial charge in [0.25, 0.3) is 0 Å². The average molecular weight is 218 g/mol. The molecule has 0 saturated carbocycles. The number of ether oxygens (including phenoxy) is 1. The van der Waals surface area contributed by atoms with Gasteiger partial charge >= 0.3 is 6.18 Å². The molecule has 0 bridgehead atoms. The number of halogens is 3. The zero-order valence-electron chi connectivity index (χ0n) is 7.97. The molecule has 1 rings (SSSR count). The normalized spacial score (nSPS) is 11.2. The molecular formula is C10H9F3O2. The summed E-state index contributed by atoms with van der Waals surface area (Å²) in [6, 6.07) is 4.45. The van der Waals surface area contributed by atoms with Gasteiger partial charge < -0.3 is 4.74 Å². The molecule has 0 aromatic heterocycles. The van der Waals surface area contributed by atoms with Crippen LogP contribution in [-0.2, 0) is 0 Å². The third-order valence-corrected chi connectivity index (χ3v) is 1.69. The van der Waals surface area contributed by atoms with Gasteiger partial charge in [-0.25, -0.2) is 0 Å². The first-order valence-corrected chi connectivity index (χ1v) is 4.18. The summed E-state index contributed by atoms with van der Waals surface area (Å²) in [5, 5.41) is 0. The van der Waals surface area contributed by atoms with E-state index in [4.69, 9.17) is 0 Å². The summed E-state index contributed by atoms with van der Waals surface area (Å²) in [7, 11) is 0. The van der Waals surface area contributed by atoms with Gasteiger partial charge in [0, 0.05) is 0 Å². The van der Waals surface area contributed by atoms with Crippen molar-refractivity contribution in [2.75, 3.05) is 6.61 Å². The summed E-state index contributed by atoms with van der Waals surface area (Å²) in [6.45, 7) is 0.312. The standard InChI is InChI=1S/C10H9F3O2/c1-7-2-3-8(5-14)9(4-7)15-6-10(11,12)13/h2-5H,6H2,1H3. The van der Waals surface area contributed by atoms with E-state index < -0.39 is 12.8 Å². The first kappa shape index (κ1) is 11.6. The highest BCUT2D eigenvalue weighted by Gasteiger charge is 2.28. The summed E-state index contributed by atoms with van der Waals surface area (Å²) in [5.74, 6) is -0.0395. The molecule has 0 N–H and O–H groups in total. The lowest BCUT2D eigenvalue weighted by atomic mass is 10.1. The van der Waals surface area contributed by atoms with Crippen molar-refractivity contribution in [1.29, 1.82) is 0 Å². The van der Waals surface area contributed by atoms with Crippen LogP contribution in [0.1, 0.15) is 15.9 Å². The zero-order valence-corrected chi connectivity index (χ0v) is 7.97.